The number of hydrogen-bond acceptors (Lipinski definition) is 2. The quantitative estimate of drug-likeness (QED) is 0.428. The van der Waals surface area contributed by atoms with Crippen LogP contribution in [-0.2, 0) is 0 Å². The maximum Gasteiger partial charge on any atom is 0.153 e. The largest absolute Gasteiger partial charge is 0.183 e. The fourth-order valence-electron chi connectivity index (χ4n) is 0.181. The van der Waals surface area contributed by atoms with Gasteiger partial charge in [0.25, 0.3) is 0 Å². The maximum absolute atomic E-state index is 7.89. The van der Waals surface area contributed by atoms with Crippen LogP contribution in [0.25, 0.3) is 0 Å². The van der Waals surface area contributed by atoms with Crippen molar-refractivity contribution in [1.82, 2.24) is 0 Å². The Kier molecular flexibility index (Phi) is 5.10. The fourth-order valence-corrected chi connectivity index (χ4v) is 0.181. The van der Waals surface area contributed by atoms with Crippen molar-refractivity contribution in [1.29, 1.82) is 10.5 Å². The first-order valence-corrected chi connectivity index (χ1v) is 2.20. The third-order valence-corrected chi connectivity index (χ3v) is 0.424. The highest BCUT2D eigenvalue weighted by Crippen LogP contribution is 1.52. The first-order chi connectivity index (χ1) is 4.91. The predicted octanol–water partition coefficient (Wildman–Crippen LogP) is 0.0438. The Morgan fingerprint density at radius 3 is 1.10 bits per heavy atom. The van der Waals surface area contributed by atoms with Crippen LogP contribution in [0.3, 0.4) is 0 Å². The van der Waals surface area contributed by atoms with Crippen molar-refractivity contribution in [3.63, 3.8) is 0 Å². The van der Waals surface area contributed by atoms with Gasteiger partial charge >= 0.3 is 0 Å². The summed E-state index contributed by atoms with van der Waals surface area (Å²) in [6, 6.07) is 3.16. The molecule has 42 valence electrons. The van der Waals surface area contributed by atoms with Gasteiger partial charge in [-0.2, -0.15) is 10.5 Å². The zero-order valence-electron chi connectivity index (χ0n) is 4.89. The van der Waals surface area contributed by atoms with Gasteiger partial charge in [-0.1, -0.05) is 0 Å². The van der Waals surface area contributed by atoms with Gasteiger partial charge in [0.2, 0.25) is 0 Å². The summed E-state index contributed by atoms with van der Waals surface area (Å²) in [6.45, 7) is 0. The molecule has 0 unspecified atom stereocenters. The molecule has 0 saturated heterocycles. The van der Waals surface area contributed by atoms with Crippen LogP contribution >= 0.6 is 0 Å². The SMILES string of the molecule is N#CC#CC#CC#CC#N. The van der Waals surface area contributed by atoms with Crippen molar-refractivity contribution in [2.24, 2.45) is 0 Å². The van der Waals surface area contributed by atoms with Crippen molar-refractivity contribution < 1.29 is 0 Å². The first-order valence-electron chi connectivity index (χ1n) is 2.20. The zero-order chi connectivity index (χ0) is 7.66. The van der Waals surface area contributed by atoms with Crippen LogP contribution in [-0.4, -0.2) is 0 Å². The molecule has 0 amide bonds. The molecule has 0 aromatic heterocycles. The van der Waals surface area contributed by atoms with Crippen molar-refractivity contribution in [3.8, 4) is 47.7 Å². The highest BCUT2D eigenvalue weighted by molar-refractivity contribution is 5.39. The second kappa shape index (κ2) is 6.66. The van der Waals surface area contributed by atoms with E-state index in [1.54, 1.807) is 12.1 Å². The topological polar surface area (TPSA) is 47.6 Å². The van der Waals surface area contributed by atoms with Crippen molar-refractivity contribution in [2.75, 3.05) is 0 Å². The highest BCUT2D eigenvalue weighted by Gasteiger charge is 1.54. The number of nitrogens with zero attached hydrogens (tertiary/aromatic N) is 2. The van der Waals surface area contributed by atoms with Gasteiger partial charge in [-0.15, -0.1) is 0 Å². The van der Waals surface area contributed by atoms with E-state index in [2.05, 4.69) is 35.5 Å². The number of rotatable bonds is 0. The minimum absolute atomic E-state index is 1.58. The van der Waals surface area contributed by atoms with Gasteiger partial charge < -0.3 is 0 Å². The lowest BCUT2D eigenvalue weighted by Gasteiger charge is -1.50. The summed E-state index contributed by atoms with van der Waals surface area (Å²) >= 11 is 0. The fraction of sp³-hybridized carbons (Fsp3) is 0. The van der Waals surface area contributed by atoms with Crippen LogP contribution < -0.4 is 0 Å². The molecule has 0 atom stereocenters. The highest BCUT2D eigenvalue weighted by atomic mass is 14.2. The summed E-state index contributed by atoms with van der Waals surface area (Å²) in [5, 5.41) is 15.8. The van der Waals surface area contributed by atoms with Gasteiger partial charge in [0.05, 0.1) is 0 Å². The molecule has 10 heavy (non-hydrogen) atoms. The van der Waals surface area contributed by atoms with E-state index in [9.17, 15) is 0 Å². The van der Waals surface area contributed by atoms with E-state index >= 15 is 0 Å². The van der Waals surface area contributed by atoms with Gasteiger partial charge in [0.1, 0.15) is 0 Å². The average molecular weight is 124 g/mol. The molecule has 0 saturated carbocycles. The number of hydrogen-bond donors (Lipinski definition) is 0. The third kappa shape index (κ3) is 5.66. The van der Waals surface area contributed by atoms with Gasteiger partial charge in [0.15, 0.2) is 12.1 Å². The molecule has 0 aromatic carbocycles. The monoisotopic (exact) mass is 124 g/mol. The van der Waals surface area contributed by atoms with Crippen LogP contribution in [0.2, 0.25) is 0 Å². The van der Waals surface area contributed by atoms with Crippen molar-refractivity contribution in [3.05, 3.63) is 0 Å². The summed E-state index contributed by atoms with van der Waals surface area (Å²) < 4.78 is 0. The molecule has 0 rings (SSSR count). The predicted molar refractivity (Wildman–Crippen MR) is 34.6 cm³/mol. The van der Waals surface area contributed by atoms with Gasteiger partial charge in [-0.25, -0.2) is 0 Å². The summed E-state index contributed by atoms with van der Waals surface area (Å²) in [4.78, 5) is 0. The minimum atomic E-state index is 1.58. The summed E-state index contributed by atoms with van der Waals surface area (Å²) in [5.74, 6) is 13.1. The Hall–Kier alpha value is -2.34. The van der Waals surface area contributed by atoms with Gasteiger partial charge in [-0.05, 0) is 0 Å². The van der Waals surface area contributed by atoms with E-state index in [4.69, 9.17) is 10.5 Å². The molecule has 2 nitrogen and oxygen atoms in total. The molecule has 0 bridgehead atoms. The Balaban J connectivity index is 4.01. The summed E-state index contributed by atoms with van der Waals surface area (Å²) in [7, 11) is 0. The first kappa shape index (κ1) is 7.66. The lowest BCUT2D eigenvalue weighted by molar-refractivity contribution is 1.55. The van der Waals surface area contributed by atoms with Crippen molar-refractivity contribution in [2.45, 2.75) is 0 Å². The van der Waals surface area contributed by atoms with Crippen LogP contribution in [0.5, 0.6) is 0 Å². The molecule has 0 aliphatic rings. The van der Waals surface area contributed by atoms with E-state index in [-0.39, 0.29) is 0 Å². The smallest absolute Gasteiger partial charge is 0.153 e. The average Bonchev–Trinajstić information content (AvgIpc) is 1.97. The molecule has 0 N–H and O–H groups in total. The maximum atomic E-state index is 7.89. The second-order valence-corrected chi connectivity index (χ2v) is 0.974. The molecule has 0 aliphatic carbocycles. The molecule has 0 radical (unpaired) electrons. The number of nitriles is 2. The molecule has 0 heterocycles. The zero-order valence-corrected chi connectivity index (χ0v) is 4.89. The lowest BCUT2D eigenvalue weighted by atomic mass is 10.5. The van der Waals surface area contributed by atoms with Crippen molar-refractivity contribution >= 4 is 0 Å². The molecular weight excluding hydrogens is 124 g/mol. The third-order valence-electron chi connectivity index (χ3n) is 0.424. The van der Waals surface area contributed by atoms with Crippen LogP contribution in [0.4, 0.5) is 0 Å². The molecule has 2 heteroatoms. The normalized spacial score (nSPS) is 3.40. The lowest BCUT2D eigenvalue weighted by Crippen LogP contribution is -1.51. The van der Waals surface area contributed by atoms with E-state index in [1.807, 2.05) is 0 Å². The Bertz CT molecular complexity index is 322. The van der Waals surface area contributed by atoms with Gasteiger partial charge in [-0.3, -0.25) is 0 Å². The van der Waals surface area contributed by atoms with Crippen LogP contribution in [0.1, 0.15) is 0 Å². The van der Waals surface area contributed by atoms with E-state index < -0.39 is 0 Å². The van der Waals surface area contributed by atoms with E-state index in [1.165, 1.54) is 0 Å². The minimum Gasteiger partial charge on any atom is -0.183 e. The van der Waals surface area contributed by atoms with Crippen LogP contribution in [0, 0.1) is 58.2 Å². The second-order valence-electron chi connectivity index (χ2n) is 0.974. The van der Waals surface area contributed by atoms with E-state index in [0.717, 1.165) is 0 Å². The molecule has 0 fully saturated rings. The van der Waals surface area contributed by atoms with Crippen LogP contribution in [0.15, 0.2) is 0 Å². The Labute approximate surface area is 59.1 Å². The molecule has 0 spiro atoms. The molecular formula is C8N2. The van der Waals surface area contributed by atoms with E-state index in [0.29, 0.717) is 0 Å². The Morgan fingerprint density at radius 2 is 0.800 bits per heavy atom. The standard InChI is InChI=1S/C8N2/c9-7-5-3-1-2-4-6-8-10. The Morgan fingerprint density at radius 1 is 0.500 bits per heavy atom. The molecule has 0 aliphatic heterocycles. The summed E-state index contributed by atoms with van der Waals surface area (Å²) in [6.07, 6.45) is 0. The molecule has 0 aromatic rings. The summed E-state index contributed by atoms with van der Waals surface area (Å²) in [5.41, 5.74) is 0. The van der Waals surface area contributed by atoms with Gasteiger partial charge in [0, 0.05) is 35.5 Å².